The van der Waals surface area contributed by atoms with Crippen molar-refractivity contribution >= 4 is 26.5 Å². The molecular weight excluding hydrogens is 430 g/mol. The van der Waals surface area contributed by atoms with Crippen molar-refractivity contribution in [3.63, 3.8) is 0 Å². The monoisotopic (exact) mass is 455 g/mol. The zero-order valence-electron chi connectivity index (χ0n) is 17.1. The molecule has 1 atom stereocenters. The Labute approximate surface area is 186 Å². The molecule has 1 aliphatic heterocycles. The molecule has 1 aliphatic carbocycles. The molecule has 5 rings (SSSR count). The Kier molecular flexibility index (Phi) is 5.56. The number of hydrogen-bond donors (Lipinski definition) is 2. The molecule has 1 saturated heterocycles. The number of anilines is 1. The highest BCUT2D eigenvalue weighted by atomic mass is 32.2. The predicted molar refractivity (Wildman–Crippen MR) is 123 cm³/mol. The first-order valence-corrected chi connectivity index (χ1v) is 12.9. The maximum atomic E-state index is 12.8. The Hall–Kier alpha value is -2.26. The third-order valence-electron chi connectivity index (χ3n) is 6.00. The number of hydrogen-bond acceptors (Lipinski definition) is 6. The summed E-state index contributed by atoms with van der Waals surface area (Å²) in [6.45, 7) is 1.15. The molecular formula is C23H25N3O3S2. The van der Waals surface area contributed by atoms with Crippen molar-refractivity contribution < 1.29 is 13.5 Å². The Bertz CT molecular complexity index is 1180. The zero-order chi connectivity index (χ0) is 21.4. The lowest BCUT2D eigenvalue weighted by atomic mass is 9.94. The van der Waals surface area contributed by atoms with Crippen molar-refractivity contribution in [1.82, 2.24) is 9.29 Å². The molecule has 0 saturated carbocycles. The van der Waals surface area contributed by atoms with Gasteiger partial charge < -0.3 is 10.4 Å². The average molecular weight is 456 g/mol. The number of benzene rings is 2. The molecule has 31 heavy (non-hydrogen) atoms. The van der Waals surface area contributed by atoms with E-state index < -0.39 is 16.3 Å². The van der Waals surface area contributed by atoms with Crippen LogP contribution in [0.15, 0.2) is 53.4 Å². The summed E-state index contributed by atoms with van der Waals surface area (Å²) in [5.74, 6) is 0. The lowest BCUT2D eigenvalue weighted by Crippen LogP contribution is -2.35. The summed E-state index contributed by atoms with van der Waals surface area (Å²) in [4.78, 5) is 6.21. The highest BCUT2D eigenvalue weighted by Gasteiger charge is 2.26. The van der Waals surface area contributed by atoms with E-state index in [1.165, 1.54) is 10.4 Å². The van der Waals surface area contributed by atoms with E-state index in [-0.39, 0.29) is 4.90 Å². The van der Waals surface area contributed by atoms with Gasteiger partial charge in [0, 0.05) is 29.1 Å². The van der Waals surface area contributed by atoms with Crippen LogP contribution < -0.4 is 5.32 Å². The Morgan fingerprint density at radius 2 is 1.74 bits per heavy atom. The fourth-order valence-electron chi connectivity index (χ4n) is 4.29. The number of fused-ring (bicyclic) bond motifs is 3. The normalized spacial score (nSPS) is 17.6. The SMILES string of the molecule is O=S(=O)(c1ccc(C(O)Nc2nc3c(s2)CCc2ccccc2-3)cc1)N1CCCCC1. The van der Waals surface area contributed by atoms with Gasteiger partial charge in [-0.15, -0.1) is 11.3 Å². The fraction of sp³-hybridized carbons (Fsp3) is 0.348. The van der Waals surface area contributed by atoms with Gasteiger partial charge in [-0.1, -0.05) is 42.8 Å². The van der Waals surface area contributed by atoms with Gasteiger partial charge in [-0.2, -0.15) is 4.31 Å². The second-order valence-electron chi connectivity index (χ2n) is 8.03. The van der Waals surface area contributed by atoms with E-state index in [9.17, 15) is 13.5 Å². The molecule has 0 spiro atoms. The number of aliphatic hydroxyl groups is 1. The van der Waals surface area contributed by atoms with Crippen LogP contribution in [0.4, 0.5) is 5.13 Å². The van der Waals surface area contributed by atoms with Gasteiger partial charge in [0.25, 0.3) is 0 Å². The number of rotatable bonds is 5. The summed E-state index contributed by atoms with van der Waals surface area (Å²) >= 11 is 1.56. The summed E-state index contributed by atoms with van der Waals surface area (Å²) in [6, 6.07) is 14.8. The summed E-state index contributed by atoms with van der Waals surface area (Å²) in [5.41, 5.74) is 4.06. The summed E-state index contributed by atoms with van der Waals surface area (Å²) in [7, 11) is -3.47. The van der Waals surface area contributed by atoms with Gasteiger partial charge in [-0.25, -0.2) is 13.4 Å². The third kappa shape index (κ3) is 4.01. The molecule has 0 amide bonds. The third-order valence-corrected chi connectivity index (χ3v) is 8.96. The highest BCUT2D eigenvalue weighted by Crippen LogP contribution is 2.38. The van der Waals surface area contributed by atoms with Crippen LogP contribution in [0, 0.1) is 0 Å². The quantitative estimate of drug-likeness (QED) is 0.564. The molecule has 8 heteroatoms. The Balaban J connectivity index is 1.32. The standard InChI is InChI=1S/C23H25N3O3S2/c27-22(17-8-11-18(12-9-17)31(28,29)26-14-4-1-5-15-26)25-23-24-21-19-7-3-2-6-16(19)10-13-20(21)30-23/h2-3,6-9,11-12,22,27H,1,4-5,10,13-15H2,(H,24,25). The van der Waals surface area contributed by atoms with Crippen LogP contribution in [-0.4, -0.2) is 35.9 Å². The van der Waals surface area contributed by atoms with Gasteiger partial charge in [0.05, 0.1) is 10.6 Å². The van der Waals surface area contributed by atoms with Crippen molar-refractivity contribution in [1.29, 1.82) is 0 Å². The van der Waals surface area contributed by atoms with Gasteiger partial charge in [0.2, 0.25) is 10.0 Å². The number of aromatic nitrogens is 1. The number of aliphatic hydroxyl groups excluding tert-OH is 1. The highest BCUT2D eigenvalue weighted by molar-refractivity contribution is 7.89. The van der Waals surface area contributed by atoms with Crippen LogP contribution in [0.2, 0.25) is 0 Å². The van der Waals surface area contributed by atoms with Crippen LogP contribution >= 0.6 is 11.3 Å². The minimum Gasteiger partial charge on any atom is -0.369 e. The van der Waals surface area contributed by atoms with Crippen molar-refractivity contribution in [2.45, 2.75) is 43.2 Å². The van der Waals surface area contributed by atoms with E-state index >= 15 is 0 Å². The van der Waals surface area contributed by atoms with Gasteiger partial charge in [-0.3, -0.25) is 0 Å². The van der Waals surface area contributed by atoms with Crippen LogP contribution in [0.3, 0.4) is 0 Å². The van der Waals surface area contributed by atoms with Crippen LogP contribution in [0.1, 0.15) is 41.5 Å². The van der Waals surface area contributed by atoms with Crippen molar-refractivity contribution in [2.75, 3.05) is 18.4 Å². The second kappa shape index (κ2) is 8.35. The van der Waals surface area contributed by atoms with E-state index in [1.54, 1.807) is 39.9 Å². The van der Waals surface area contributed by atoms with Crippen LogP contribution in [0.25, 0.3) is 11.3 Å². The van der Waals surface area contributed by atoms with E-state index in [1.807, 2.05) is 12.1 Å². The lowest BCUT2D eigenvalue weighted by molar-refractivity contribution is 0.208. The molecule has 0 radical (unpaired) electrons. The topological polar surface area (TPSA) is 82.5 Å². The molecule has 2 aromatic carbocycles. The van der Waals surface area contributed by atoms with Crippen molar-refractivity contribution in [2.24, 2.45) is 0 Å². The minimum atomic E-state index is -3.47. The number of sulfonamides is 1. The number of nitrogens with one attached hydrogen (secondary N) is 1. The van der Waals surface area contributed by atoms with Gasteiger partial charge in [0.1, 0.15) is 0 Å². The Morgan fingerprint density at radius 3 is 2.52 bits per heavy atom. The van der Waals surface area contributed by atoms with E-state index in [2.05, 4.69) is 17.4 Å². The maximum absolute atomic E-state index is 12.8. The number of thiazole rings is 1. The largest absolute Gasteiger partial charge is 0.369 e. The predicted octanol–water partition coefficient (Wildman–Crippen LogP) is 4.19. The van der Waals surface area contributed by atoms with Gasteiger partial charge in [-0.05, 0) is 43.4 Å². The molecule has 1 unspecified atom stereocenters. The molecule has 2 N–H and O–H groups in total. The van der Waals surface area contributed by atoms with Gasteiger partial charge in [0.15, 0.2) is 11.4 Å². The second-order valence-corrected chi connectivity index (χ2v) is 11.1. The summed E-state index contributed by atoms with van der Waals surface area (Å²) in [6.07, 6.45) is 3.87. The van der Waals surface area contributed by atoms with E-state index in [0.717, 1.165) is 43.4 Å². The maximum Gasteiger partial charge on any atom is 0.243 e. The summed E-state index contributed by atoms with van der Waals surface area (Å²) < 4.78 is 27.2. The molecule has 162 valence electrons. The number of piperidine rings is 1. The molecule has 2 heterocycles. The zero-order valence-corrected chi connectivity index (χ0v) is 18.8. The van der Waals surface area contributed by atoms with Gasteiger partial charge >= 0.3 is 0 Å². The fourth-order valence-corrected chi connectivity index (χ4v) is 6.80. The first kappa shape index (κ1) is 20.6. The molecule has 1 fully saturated rings. The van der Waals surface area contributed by atoms with Crippen molar-refractivity contribution in [3.05, 3.63) is 64.5 Å². The molecule has 6 nitrogen and oxygen atoms in total. The minimum absolute atomic E-state index is 0.270. The smallest absolute Gasteiger partial charge is 0.243 e. The van der Waals surface area contributed by atoms with E-state index in [0.29, 0.717) is 23.8 Å². The number of nitrogens with zero attached hydrogens (tertiary/aromatic N) is 2. The molecule has 2 aliphatic rings. The lowest BCUT2D eigenvalue weighted by Gasteiger charge is -2.26. The average Bonchev–Trinajstić information content (AvgIpc) is 3.23. The molecule has 3 aromatic rings. The first-order chi connectivity index (χ1) is 15.0. The van der Waals surface area contributed by atoms with Crippen LogP contribution in [0.5, 0.6) is 0 Å². The Morgan fingerprint density at radius 1 is 1.00 bits per heavy atom. The molecule has 1 aromatic heterocycles. The van der Waals surface area contributed by atoms with Crippen LogP contribution in [-0.2, 0) is 22.9 Å². The van der Waals surface area contributed by atoms with Crippen molar-refractivity contribution in [3.8, 4) is 11.3 Å². The summed E-state index contributed by atoms with van der Waals surface area (Å²) in [5, 5.41) is 14.4. The number of aryl methyl sites for hydroxylation is 2. The molecule has 0 bridgehead atoms. The first-order valence-electron chi connectivity index (χ1n) is 10.6. The van der Waals surface area contributed by atoms with E-state index in [4.69, 9.17) is 4.98 Å².